The van der Waals surface area contributed by atoms with E-state index in [0.29, 0.717) is 25.3 Å². The quantitative estimate of drug-likeness (QED) is 0.152. The molecule has 0 aromatic heterocycles. The smallest absolute Gasteiger partial charge is 0.320 e. The summed E-state index contributed by atoms with van der Waals surface area (Å²) in [7, 11) is -1.22. The fraction of sp³-hybridized carbons (Fsp3) is 0.750. The highest BCUT2D eigenvalue weighted by molar-refractivity contribution is 8.86. The third kappa shape index (κ3) is 8.69. The molecular formula is C8H20N4O2S2. The van der Waals surface area contributed by atoms with Gasteiger partial charge in [0.25, 0.3) is 0 Å². The second kappa shape index (κ2) is 6.87. The van der Waals surface area contributed by atoms with Crippen LogP contribution in [0.4, 0.5) is 0 Å². The van der Waals surface area contributed by atoms with E-state index >= 15 is 0 Å². The molecule has 16 heavy (non-hydrogen) atoms. The number of nitrogens with two attached hydrogens (primary N) is 2. The maximum Gasteiger partial charge on any atom is 0.320 e. The molecule has 0 fully saturated rings. The first-order valence-corrected chi connectivity index (χ1v) is 8.24. The zero-order valence-electron chi connectivity index (χ0n) is 9.51. The highest BCUT2D eigenvalue weighted by atomic mass is 33.1. The Bertz CT molecular complexity index is 265. The van der Waals surface area contributed by atoms with Crippen molar-refractivity contribution in [3.63, 3.8) is 0 Å². The minimum atomic E-state index is -1.22. The number of aliphatic imine (C=N–C) groups is 1. The predicted molar refractivity (Wildman–Crippen MR) is 72.9 cm³/mol. The molecular weight excluding hydrogens is 248 g/mol. The van der Waals surface area contributed by atoms with Gasteiger partial charge in [-0.25, -0.2) is 0 Å². The van der Waals surface area contributed by atoms with Crippen LogP contribution in [0.25, 0.3) is 0 Å². The van der Waals surface area contributed by atoms with E-state index in [2.05, 4.69) is 21.4 Å². The Balaban J connectivity index is 3.80. The van der Waals surface area contributed by atoms with Crippen molar-refractivity contribution < 1.29 is 9.90 Å². The lowest BCUT2D eigenvalue weighted by Gasteiger charge is -2.25. The van der Waals surface area contributed by atoms with Crippen LogP contribution in [0.3, 0.4) is 0 Å². The van der Waals surface area contributed by atoms with Crippen LogP contribution in [0, 0.1) is 0 Å². The summed E-state index contributed by atoms with van der Waals surface area (Å²) >= 11 is 4.31. The molecule has 6 N–H and O–H groups in total. The minimum Gasteiger partial charge on any atom is -0.480 e. The van der Waals surface area contributed by atoms with Gasteiger partial charge in [-0.15, -0.1) is 20.9 Å². The van der Waals surface area contributed by atoms with Gasteiger partial charge in [0.1, 0.15) is 6.04 Å². The molecule has 0 radical (unpaired) electrons. The Kier molecular flexibility index (Phi) is 6.61. The summed E-state index contributed by atoms with van der Waals surface area (Å²) in [6.45, 7) is 0.461. The minimum absolute atomic E-state index is 0.332. The molecule has 0 aliphatic heterocycles. The highest BCUT2D eigenvalue weighted by Gasteiger charge is 2.10. The van der Waals surface area contributed by atoms with Crippen LogP contribution in [-0.4, -0.2) is 42.1 Å². The molecule has 0 aromatic rings. The first-order chi connectivity index (χ1) is 7.22. The van der Waals surface area contributed by atoms with E-state index in [1.165, 1.54) is 0 Å². The summed E-state index contributed by atoms with van der Waals surface area (Å²) < 4.78 is 2.96. The van der Waals surface area contributed by atoms with Crippen molar-refractivity contribution in [3.05, 3.63) is 0 Å². The van der Waals surface area contributed by atoms with Crippen LogP contribution in [0.2, 0.25) is 0 Å². The number of thiol groups is 1. The summed E-state index contributed by atoms with van der Waals surface area (Å²) in [5, 5.41) is 8.54. The largest absolute Gasteiger partial charge is 0.480 e. The van der Waals surface area contributed by atoms with Crippen molar-refractivity contribution in [3.8, 4) is 0 Å². The molecule has 0 aromatic carbocycles. The number of rotatable bonds is 6. The number of carboxylic acid groups (broad SMARTS) is 1. The van der Waals surface area contributed by atoms with Gasteiger partial charge in [0.2, 0.25) is 0 Å². The maximum absolute atomic E-state index is 10.4. The molecule has 0 aliphatic rings. The number of carboxylic acids is 1. The average molecular weight is 268 g/mol. The molecule has 0 rings (SSSR count). The second-order valence-electron chi connectivity index (χ2n) is 3.73. The molecule has 6 nitrogen and oxygen atoms in total. The van der Waals surface area contributed by atoms with Crippen molar-refractivity contribution >= 4 is 32.8 Å². The fourth-order valence-corrected chi connectivity index (χ4v) is 1.78. The van der Waals surface area contributed by atoms with Gasteiger partial charge in [-0.3, -0.25) is 9.79 Å². The monoisotopic (exact) mass is 268 g/mol. The molecule has 0 bridgehead atoms. The number of aliphatic carboxylic acids is 1. The lowest BCUT2D eigenvalue weighted by molar-refractivity contribution is -0.138. The summed E-state index contributed by atoms with van der Waals surface area (Å²) in [6.07, 6.45) is 4.85. The molecule has 8 heteroatoms. The van der Waals surface area contributed by atoms with E-state index < -0.39 is 21.3 Å². The van der Waals surface area contributed by atoms with Gasteiger partial charge in [0.05, 0.1) is 0 Å². The van der Waals surface area contributed by atoms with E-state index in [0.717, 1.165) is 0 Å². The molecule has 0 spiro atoms. The van der Waals surface area contributed by atoms with Crippen LogP contribution in [0.15, 0.2) is 4.99 Å². The third-order valence-corrected chi connectivity index (χ3v) is 2.61. The Hall–Kier alpha value is -0.600. The lowest BCUT2D eigenvalue weighted by atomic mass is 10.2. The van der Waals surface area contributed by atoms with Crippen molar-refractivity contribution in [2.75, 3.05) is 19.1 Å². The summed E-state index contributed by atoms with van der Waals surface area (Å²) in [5.41, 5.74) is 10.9. The molecule has 0 aliphatic carbocycles. The number of guanidine groups is 1. The molecule has 96 valence electrons. The Morgan fingerprint density at radius 3 is 2.62 bits per heavy atom. The third-order valence-electron chi connectivity index (χ3n) is 1.63. The van der Waals surface area contributed by atoms with Gasteiger partial charge in [-0.1, -0.05) is 0 Å². The number of hydrogen-bond donors (Lipinski definition) is 5. The van der Waals surface area contributed by atoms with Crippen LogP contribution in [-0.2, 0) is 4.79 Å². The van der Waals surface area contributed by atoms with Gasteiger partial charge < -0.3 is 21.3 Å². The maximum atomic E-state index is 10.4. The normalized spacial score (nSPS) is 15.6. The van der Waals surface area contributed by atoms with Gasteiger partial charge in [-0.2, -0.15) is 0 Å². The van der Waals surface area contributed by atoms with Gasteiger partial charge >= 0.3 is 5.97 Å². The number of nitrogens with zero attached hydrogens (tertiary/aromatic N) is 1. The number of hydrogen-bond acceptors (Lipinski definition) is 4. The van der Waals surface area contributed by atoms with E-state index in [1.807, 2.05) is 12.5 Å². The van der Waals surface area contributed by atoms with E-state index in [-0.39, 0.29) is 0 Å². The van der Waals surface area contributed by atoms with Crippen molar-refractivity contribution in [1.82, 2.24) is 4.72 Å². The number of nitrogens with one attached hydrogen (secondary N) is 1. The first-order valence-electron chi connectivity index (χ1n) is 4.74. The summed E-state index contributed by atoms with van der Waals surface area (Å²) in [4.78, 5) is 14.5. The van der Waals surface area contributed by atoms with E-state index in [4.69, 9.17) is 16.6 Å². The standard InChI is InChI=1S/C8H20N4O2S2/c1-16(2,15)12-8(10)11-5-3-4-6(9)7(13)14/h6,15H,3-5,9H2,1-2H3,(H,13,14)(H3,10,11,12). The van der Waals surface area contributed by atoms with E-state index in [1.54, 1.807) is 0 Å². The predicted octanol–water partition coefficient (Wildman–Crippen LogP) is -0.0932. The molecule has 0 amide bonds. The summed E-state index contributed by atoms with van der Waals surface area (Å²) in [6, 6.07) is -0.823. The zero-order chi connectivity index (χ0) is 12.8. The molecule has 1 atom stereocenters. The molecule has 1 unspecified atom stereocenters. The zero-order valence-corrected chi connectivity index (χ0v) is 11.2. The lowest BCUT2D eigenvalue weighted by Crippen LogP contribution is -2.32. The van der Waals surface area contributed by atoms with Gasteiger partial charge in [0.15, 0.2) is 5.96 Å². The SMILES string of the molecule is CS(C)(S)NC(N)=NCCCC(N)C(=O)O. The fourth-order valence-electron chi connectivity index (χ4n) is 0.922. The van der Waals surface area contributed by atoms with Crippen molar-refractivity contribution in [2.24, 2.45) is 16.5 Å². The Morgan fingerprint density at radius 1 is 1.62 bits per heavy atom. The highest BCUT2D eigenvalue weighted by Crippen LogP contribution is 2.38. The van der Waals surface area contributed by atoms with Crippen molar-refractivity contribution in [1.29, 1.82) is 0 Å². The van der Waals surface area contributed by atoms with Crippen LogP contribution >= 0.6 is 20.9 Å². The Labute approximate surface area is 102 Å². The van der Waals surface area contributed by atoms with Crippen LogP contribution in [0.5, 0.6) is 0 Å². The average Bonchev–Trinajstić information content (AvgIpc) is 2.08. The Morgan fingerprint density at radius 2 is 2.19 bits per heavy atom. The summed E-state index contributed by atoms with van der Waals surface area (Å²) in [5.74, 6) is -0.657. The molecule has 0 saturated carbocycles. The topological polar surface area (TPSA) is 114 Å². The van der Waals surface area contributed by atoms with Crippen LogP contribution < -0.4 is 16.2 Å². The van der Waals surface area contributed by atoms with Gasteiger partial charge in [0, 0.05) is 6.54 Å². The molecule has 0 saturated heterocycles. The second-order valence-corrected chi connectivity index (χ2v) is 9.22. The first kappa shape index (κ1) is 15.4. The molecule has 0 heterocycles. The van der Waals surface area contributed by atoms with Crippen molar-refractivity contribution in [2.45, 2.75) is 18.9 Å². The van der Waals surface area contributed by atoms with Gasteiger partial charge in [-0.05, 0) is 25.4 Å². The van der Waals surface area contributed by atoms with E-state index in [9.17, 15) is 4.79 Å². The number of carbonyl (C=O) groups is 1. The van der Waals surface area contributed by atoms with Crippen LogP contribution in [0.1, 0.15) is 12.8 Å².